The van der Waals surface area contributed by atoms with Crippen molar-refractivity contribution in [1.29, 1.82) is 0 Å². The molecule has 112 valence electrons. The normalized spacial score (nSPS) is 15.5. The quantitative estimate of drug-likeness (QED) is 0.572. The fourth-order valence-electron chi connectivity index (χ4n) is 2.54. The molecule has 1 aromatic carbocycles. The van der Waals surface area contributed by atoms with E-state index in [1.54, 1.807) is 38.9 Å². The maximum absolute atomic E-state index is 14.5. The molecule has 0 aromatic heterocycles. The largest absolute Gasteiger partial charge is 0.397 e. The first-order valence-electron chi connectivity index (χ1n) is 7.00. The SMILES string of the molecule is CNN(CC(C)(C)O)c1c(N)cc(C)c(F)c1C1CC1. The second-order valence-corrected chi connectivity index (χ2v) is 6.26. The van der Waals surface area contributed by atoms with Gasteiger partial charge in [0.15, 0.2) is 0 Å². The van der Waals surface area contributed by atoms with Crippen LogP contribution >= 0.6 is 0 Å². The van der Waals surface area contributed by atoms with E-state index in [2.05, 4.69) is 5.43 Å². The molecule has 4 N–H and O–H groups in total. The van der Waals surface area contributed by atoms with Crippen LogP contribution in [0.1, 0.15) is 43.7 Å². The molecule has 0 atom stereocenters. The minimum absolute atomic E-state index is 0.173. The Kier molecular flexibility index (Phi) is 3.93. The molecule has 2 rings (SSSR count). The van der Waals surface area contributed by atoms with Crippen LogP contribution in [0.15, 0.2) is 6.07 Å². The van der Waals surface area contributed by atoms with E-state index in [1.165, 1.54) is 0 Å². The molecule has 0 unspecified atom stereocenters. The van der Waals surface area contributed by atoms with E-state index in [9.17, 15) is 9.50 Å². The number of aliphatic hydroxyl groups is 1. The smallest absolute Gasteiger partial charge is 0.131 e. The number of halogens is 1. The number of benzene rings is 1. The number of nitrogen functional groups attached to an aromatic ring is 1. The maximum Gasteiger partial charge on any atom is 0.131 e. The van der Waals surface area contributed by atoms with Gasteiger partial charge in [0.05, 0.1) is 23.5 Å². The summed E-state index contributed by atoms with van der Waals surface area (Å²) in [6.07, 6.45) is 1.99. The average Bonchev–Trinajstić information content (AvgIpc) is 3.13. The predicted octanol–water partition coefficient (Wildman–Crippen LogP) is 2.31. The highest BCUT2D eigenvalue weighted by Gasteiger charge is 2.33. The summed E-state index contributed by atoms with van der Waals surface area (Å²) in [5, 5.41) is 11.8. The number of hydrogen-bond acceptors (Lipinski definition) is 4. The van der Waals surface area contributed by atoms with Crippen LogP contribution in [0.3, 0.4) is 0 Å². The van der Waals surface area contributed by atoms with Crippen LogP contribution in [-0.2, 0) is 0 Å². The van der Waals surface area contributed by atoms with E-state index in [1.807, 2.05) is 0 Å². The van der Waals surface area contributed by atoms with Crippen molar-refractivity contribution < 1.29 is 9.50 Å². The number of hydrazine groups is 1. The summed E-state index contributed by atoms with van der Waals surface area (Å²) in [4.78, 5) is 0. The number of rotatable bonds is 5. The average molecular weight is 281 g/mol. The van der Waals surface area contributed by atoms with Crippen molar-refractivity contribution >= 4 is 11.4 Å². The van der Waals surface area contributed by atoms with Crippen molar-refractivity contribution in [3.63, 3.8) is 0 Å². The lowest BCUT2D eigenvalue weighted by Gasteiger charge is -2.32. The minimum atomic E-state index is -0.905. The van der Waals surface area contributed by atoms with Crippen LogP contribution in [0.2, 0.25) is 0 Å². The summed E-state index contributed by atoms with van der Waals surface area (Å²) >= 11 is 0. The molecule has 0 spiro atoms. The number of nitrogens with one attached hydrogen (secondary N) is 1. The first-order chi connectivity index (χ1) is 9.24. The lowest BCUT2D eigenvalue weighted by molar-refractivity contribution is 0.0852. The molecule has 0 aliphatic heterocycles. The van der Waals surface area contributed by atoms with E-state index < -0.39 is 5.60 Å². The van der Waals surface area contributed by atoms with Crippen molar-refractivity contribution in [3.05, 3.63) is 23.0 Å². The molecule has 4 nitrogen and oxygen atoms in total. The standard InChI is InChI=1S/C15H24FN3O/c1-9-7-11(17)14(12(13(9)16)10-5-6-10)19(18-4)8-15(2,3)20/h7,10,18,20H,5-6,8,17H2,1-4H3. The zero-order valence-corrected chi connectivity index (χ0v) is 12.6. The highest BCUT2D eigenvalue weighted by atomic mass is 19.1. The predicted molar refractivity (Wildman–Crippen MR) is 80.2 cm³/mol. The molecular formula is C15H24FN3O. The Bertz CT molecular complexity index is 507. The van der Waals surface area contributed by atoms with Gasteiger partial charge in [-0.1, -0.05) is 0 Å². The molecule has 20 heavy (non-hydrogen) atoms. The lowest BCUT2D eigenvalue weighted by Crippen LogP contribution is -2.46. The fraction of sp³-hybridized carbons (Fsp3) is 0.600. The molecule has 1 fully saturated rings. The lowest BCUT2D eigenvalue weighted by atomic mass is 10.0. The first-order valence-corrected chi connectivity index (χ1v) is 7.00. The molecule has 0 saturated heterocycles. The zero-order chi connectivity index (χ0) is 15.1. The molecule has 0 bridgehead atoms. The van der Waals surface area contributed by atoms with Gasteiger partial charge in [0, 0.05) is 12.6 Å². The molecule has 5 heteroatoms. The van der Waals surface area contributed by atoms with Crippen molar-refractivity contribution in [1.82, 2.24) is 5.43 Å². The van der Waals surface area contributed by atoms with E-state index in [4.69, 9.17) is 5.73 Å². The molecular weight excluding hydrogens is 257 g/mol. The Morgan fingerprint density at radius 3 is 2.55 bits per heavy atom. The Balaban J connectivity index is 2.50. The number of anilines is 2. The van der Waals surface area contributed by atoms with E-state index in [0.29, 0.717) is 29.0 Å². The van der Waals surface area contributed by atoms with Crippen LogP contribution in [0.5, 0.6) is 0 Å². The second-order valence-electron chi connectivity index (χ2n) is 6.26. The van der Waals surface area contributed by atoms with Crippen LogP contribution in [0.4, 0.5) is 15.8 Å². The van der Waals surface area contributed by atoms with Gasteiger partial charge in [-0.15, -0.1) is 0 Å². The molecule has 0 radical (unpaired) electrons. The third-order valence-electron chi connectivity index (χ3n) is 3.55. The van der Waals surface area contributed by atoms with Gasteiger partial charge in [0.1, 0.15) is 5.82 Å². The molecule has 1 aliphatic rings. The van der Waals surface area contributed by atoms with Gasteiger partial charge in [0.25, 0.3) is 0 Å². The zero-order valence-electron chi connectivity index (χ0n) is 12.6. The number of nitrogens with zero attached hydrogens (tertiary/aromatic N) is 1. The minimum Gasteiger partial charge on any atom is -0.397 e. The fourth-order valence-corrected chi connectivity index (χ4v) is 2.54. The van der Waals surface area contributed by atoms with Gasteiger partial charge in [-0.25, -0.2) is 9.82 Å². The highest BCUT2D eigenvalue weighted by Crippen LogP contribution is 2.48. The molecule has 1 saturated carbocycles. The Morgan fingerprint density at radius 1 is 1.50 bits per heavy atom. The van der Waals surface area contributed by atoms with Gasteiger partial charge in [-0.05, 0) is 51.2 Å². The Morgan fingerprint density at radius 2 is 2.10 bits per heavy atom. The summed E-state index contributed by atoms with van der Waals surface area (Å²) in [6.45, 7) is 5.50. The molecule has 1 aromatic rings. The van der Waals surface area contributed by atoms with Gasteiger partial charge in [-0.3, -0.25) is 0 Å². The molecule has 0 amide bonds. The van der Waals surface area contributed by atoms with Crippen molar-refractivity contribution in [2.24, 2.45) is 0 Å². The van der Waals surface area contributed by atoms with Gasteiger partial charge in [-0.2, -0.15) is 0 Å². The summed E-state index contributed by atoms with van der Waals surface area (Å²) in [5.41, 5.74) is 10.7. The first kappa shape index (κ1) is 15.1. The van der Waals surface area contributed by atoms with Crippen molar-refractivity contribution in [3.8, 4) is 0 Å². The van der Waals surface area contributed by atoms with Crippen LogP contribution in [0, 0.1) is 12.7 Å². The Hall–Kier alpha value is -1.33. The number of nitrogens with two attached hydrogens (primary N) is 1. The molecule has 1 aliphatic carbocycles. The van der Waals surface area contributed by atoms with Crippen LogP contribution in [-0.4, -0.2) is 24.3 Å². The molecule has 0 heterocycles. The second kappa shape index (κ2) is 5.22. The maximum atomic E-state index is 14.5. The highest BCUT2D eigenvalue weighted by molar-refractivity contribution is 5.74. The summed E-state index contributed by atoms with van der Waals surface area (Å²) < 4.78 is 14.5. The summed E-state index contributed by atoms with van der Waals surface area (Å²) in [6, 6.07) is 1.66. The van der Waals surface area contributed by atoms with Crippen molar-refractivity contribution in [2.75, 3.05) is 24.3 Å². The van der Waals surface area contributed by atoms with Gasteiger partial charge >= 0.3 is 0 Å². The summed E-state index contributed by atoms with van der Waals surface area (Å²) in [7, 11) is 1.75. The van der Waals surface area contributed by atoms with Gasteiger partial charge < -0.3 is 15.8 Å². The topological polar surface area (TPSA) is 61.5 Å². The van der Waals surface area contributed by atoms with E-state index in [0.717, 1.165) is 12.8 Å². The summed E-state index contributed by atoms with van der Waals surface area (Å²) in [5.74, 6) is 0.0672. The van der Waals surface area contributed by atoms with E-state index in [-0.39, 0.29) is 11.7 Å². The van der Waals surface area contributed by atoms with E-state index >= 15 is 0 Å². The van der Waals surface area contributed by atoms with Crippen LogP contribution < -0.4 is 16.2 Å². The Labute approximate surface area is 119 Å². The number of aryl methyl sites for hydroxylation is 1. The number of hydrogen-bond donors (Lipinski definition) is 3. The van der Waals surface area contributed by atoms with Crippen LogP contribution in [0.25, 0.3) is 0 Å². The van der Waals surface area contributed by atoms with Gasteiger partial charge in [0.2, 0.25) is 0 Å². The third kappa shape index (κ3) is 3.04. The third-order valence-corrected chi connectivity index (χ3v) is 3.55. The van der Waals surface area contributed by atoms with Crippen molar-refractivity contribution in [2.45, 2.75) is 45.1 Å². The monoisotopic (exact) mass is 281 g/mol.